The molecule has 1 aliphatic carbocycles. The topological polar surface area (TPSA) is 0 Å². The molecule has 0 heterocycles. The Kier molecular flexibility index (Phi) is 3.51. The highest BCUT2D eigenvalue weighted by atomic mass is 32.1. The summed E-state index contributed by atoms with van der Waals surface area (Å²) >= 11 is 4.76. The second kappa shape index (κ2) is 4.04. The number of thiol groups is 1. The van der Waals surface area contributed by atoms with Gasteiger partial charge < -0.3 is 0 Å². The van der Waals surface area contributed by atoms with E-state index in [1.54, 1.807) is 0 Å². The Morgan fingerprint density at radius 2 is 1.75 bits per heavy atom. The molecule has 0 aromatic carbocycles. The van der Waals surface area contributed by atoms with Crippen LogP contribution in [0.4, 0.5) is 0 Å². The number of hydrogen-bond donors (Lipinski definition) is 1. The monoisotopic (exact) mass is 186 g/mol. The molecule has 1 aliphatic rings. The largest absolute Gasteiger partial charge is 0.173 e. The highest BCUT2D eigenvalue weighted by Gasteiger charge is 2.31. The van der Waals surface area contributed by atoms with Crippen LogP contribution in [0.3, 0.4) is 0 Å². The summed E-state index contributed by atoms with van der Waals surface area (Å²) in [5.41, 5.74) is 0. The molecule has 0 aromatic heterocycles. The lowest BCUT2D eigenvalue weighted by atomic mass is 9.75. The maximum Gasteiger partial charge on any atom is 0.0127 e. The molecule has 72 valence electrons. The summed E-state index contributed by atoms with van der Waals surface area (Å²) in [5, 5.41) is 0. The van der Waals surface area contributed by atoms with Crippen LogP contribution in [0.1, 0.15) is 52.9 Å². The quantitative estimate of drug-likeness (QED) is 0.621. The molecule has 0 aromatic rings. The Hall–Kier alpha value is 0.350. The molecular formula is C11H22S. The predicted molar refractivity (Wildman–Crippen MR) is 58.8 cm³/mol. The summed E-state index contributed by atoms with van der Waals surface area (Å²) in [6, 6.07) is 0. The third-order valence-corrected chi connectivity index (χ3v) is 4.29. The first kappa shape index (κ1) is 10.4. The zero-order valence-electron chi connectivity index (χ0n) is 8.64. The summed E-state index contributed by atoms with van der Waals surface area (Å²) < 4.78 is 0.292. The Morgan fingerprint density at radius 3 is 2.17 bits per heavy atom. The normalized spacial score (nSPS) is 36.0. The number of rotatable bonds is 2. The van der Waals surface area contributed by atoms with E-state index in [9.17, 15) is 0 Å². The molecule has 0 spiro atoms. The third kappa shape index (κ3) is 2.42. The highest BCUT2D eigenvalue weighted by molar-refractivity contribution is 7.81. The standard InChI is InChI=1S/C11H22S/c1-4-11(3,12)10-7-5-9(2)6-8-10/h9-10,12H,4-8H2,1-3H3/t9?,10?,11-/m1/s1. The molecule has 1 saturated carbocycles. The first-order valence-electron chi connectivity index (χ1n) is 5.28. The SMILES string of the molecule is CC[C@@](C)(S)C1CCC(C)CC1. The fourth-order valence-electron chi connectivity index (χ4n) is 2.17. The first-order valence-corrected chi connectivity index (χ1v) is 5.73. The van der Waals surface area contributed by atoms with Gasteiger partial charge in [-0.3, -0.25) is 0 Å². The summed E-state index contributed by atoms with van der Waals surface area (Å²) in [7, 11) is 0. The molecule has 0 saturated heterocycles. The molecule has 1 heteroatoms. The van der Waals surface area contributed by atoms with Crippen molar-refractivity contribution in [2.45, 2.75) is 57.6 Å². The minimum atomic E-state index is 0.292. The maximum absolute atomic E-state index is 4.76. The van der Waals surface area contributed by atoms with Crippen LogP contribution in [0.25, 0.3) is 0 Å². The van der Waals surface area contributed by atoms with Crippen LogP contribution in [0, 0.1) is 11.8 Å². The van der Waals surface area contributed by atoms with E-state index in [0.29, 0.717) is 4.75 Å². The van der Waals surface area contributed by atoms with Crippen LogP contribution >= 0.6 is 12.6 Å². The molecule has 1 fully saturated rings. The summed E-state index contributed by atoms with van der Waals surface area (Å²) in [6.07, 6.45) is 6.83. The van der Waals surface area contributed by atoms with E-state index < -0.39 is 0 Å². The van der Waals surface area contributed by atoms with E-state index in [2.05, 4.69) is 20.8 Å². The molecule has 0 amide bonds. The number of hydrogen-bond acceptors (Lipinski definition) is 1. The first-order chi connectivity index (χ1) is 5.56. The van der Waals surface area contributed by atoms with Crippen LogP contribution in [-0.4, -0.2) is 4.75 Å². The van der Waals surface area contributed by atoms with Crippen LogP contribution in [0.2, 0.25) is 0 Å². The zero-order chi connectivity index (χ0) is 9.19. The molecule has 12 heavy (non-hydrogen) atoms. The van der Waals surface area contributed by atoms with E-state index in [-0.39, 0.29) is 0 Å². The van der Waals surface area contributed by atoms with Gasteiger partial charge in [0.1, 0.15) is 0 Å². The summed E-state index contributed by atoms with van der Waals surface area (Å²) in [4.78, 5) is 0. The Morgan fingerprint density at radius 1 is 1.25 bits per heavy atom. The van der Waals surface area contributed by atoms with Crippen molar-refractivity contribution in [2.75, 3.05) is 0 Å². The van der Waals surface area contributed by atoms with Crippen LogP contribution in [0.5, 0.6) is 0 Å². The lowest BCUT2D eigenvalue weighted by Crippen LogP contribution is -2.31. The zero-order valence-corrected chi connectivity index (χ0v) is 9.53. The van der Waals surface area contributed by atoms with Crippen molar-refractivity contribution in [3.05, 3.63) is 0 Å². The average Bonchev–Trinajstić information content (AvgIpc) is 2.05. The van der Waals surface area contributed by atoms with Gasteiger partial charge in [0.25, 0.3) is 0 Å². The fraction of sp³-hybridized carbons (Fsp3) is 1.00. The molecule has 0 nitrogen and oxygen atoms in total. The van der Waals surface area contributed by atoms with Crippen molar-refractivity contribution in [1.82, 2.24) is 0 Å². The minimum absolute atomic E-state index is 0.292. The van der Waals surface area contributed by atoms with Gasteiger partial charge >= 0.3 is 0 Å². The van der Waals surface area contributed by atoms with Crippen molar-refractivity contribution in [3.63, 3.8) is 0 Å². The van der Waals surface area contributed by atoms with Crippen molar-refractivity contribution in [1.29, 1.82) is 0 Å². The van der Waals surface area contributed by atoms with Gasteiger partial charge in [0, 0.05) is 4.75 Å². The molecule has 0 aliphatic heterocycles. The molecule has 0 N–H and O–H groups in total. The van der Waals surface area contributed by atoms with Crippen LogP contribution in [0.15, 0.2) is 0 Å². The Labute approximate surface area is 82.5 Å². The molecule has 0 bridgehead atoms. The molecule has 0 radical (unpaired) electrons. The third-order valence-electron chi connectivity index (χ3n) is 3.61. The van der Waals surface area contributed by atoms with Gasteiger partial charge in [0.15, 0.2) is 0 Å². The van der Waals surface area contributed by atoms with Gasteiger partial charge in [-0.1, -0.05) is 33.6 Å². The van der Waals surface area contributed by atoms with E-state index in [1.165, 1.54) is 32.1 Å². The second-order valence-electron chi connectivity index (χ2n) is 4.67. The fourth-order valence-corrected chi connectivity index (χ4v) is 2.43. The van der Waals surface area contributed by atoms with Gasteiger partial charge in [-0.25, -0.2) is 0 Å². The second-order valence-corrected chi connectivity index (χ2v) is 5.69. The van der Waals surface area contributed by atoms with E-state index in [0.717, 1.165) is 11.8 Å². The van der Waals surface area contributed by atoms with Gasteiger partial charge in [0.05, 0.1) is 0 Å². The van der Waals surface area contributed by atoms with Gasteiger partial charge in [-0.15, -0.1) is 0 Å². The van der Waals surface area contributed by atoms with Gasteiger partial charge in [0.2, 0.25) is 0 Å². The smallest absolute Gasteiger partial charge is 0.0127 e. The Bertz CT molecular complexity index is 132. The van der Waals surface area contributed by atoms with Gasteiger partial charge in [-0.2, -0.15) is 12.6 Å². The maximum atomic E-state index is 4.76. The van der Waals surface area contributed by atoms with Gasteiger partial charge in [-0.05, 0) is 31.1 Å². The molecule has 0 unspecified atom stereocenters. The predicted octanol–water partition coefficient (Wildman–Crippen LogP) is 3.91. The Balaban J connectivity index is 2.44. The van der Waals surface area contributed by atoms with Crippen molar-refractivity contribution in [2.24, 2.45) is 11.8 Å². The molecular weight excluding hydrogens is 164 g/mol. The van der Waals surface area contributed by atoms with Crippen molar-refractivity contribution >= 4 is 12.6 Å². The summed E-state index contributed by atoms with van der Waals surface area (Å²) in [6.45, 7) is 6.93. The molecule has 1 atom stereocenters. The van der Waals surface area contributed by atoms with E-state index in [4.69, 9.17) is 12.6 Å². The van der Waals surface area contributed by atoms with Crippen molar-refractivity contribution in [3.8, 4) is 0 Å². The highest BCUT2D eigenvalue weighted by Crippen LogP contribution is 2.40. The average molecular weight is 186 g/mol. The van der Waals surface area contributed by atoms with Crippen LogP contribution in [-0.2, 0) is 0 Å². The lowest BCUT2D eigenvalue weighted by molar-refractivity contribution is 0.242. The van der Waals surface area contributed by atoms with Crippen molar-refractivity contribution < 1.29 is 0 Å². The summed E-state index contributed by atoms with van der Waals surface area (Å²) in [5.74, 6) is 1.82. The van der Waals surface area contributed by atoms with Crippen LogP contribution < -0.4 is 0 Å². The molecule has 1 rings (SSSR count). The lowest BCUT2D eigenvalue weighted by Gasteiger charge is -2.37. The minimum Gasteiger partial charge on any atom is -0.173 e. The van der Waals surface area contributed by atoms with E-state index in [1.807, 2.05) is 0 Å². The van der Waals surface area contributed by atoms with E-state index >= 15 is 0 Å².